The van der Waals surface area contributed by atoms with E-state index in [-0.39, 0.29) is 5.78 Å². The molecular formula is C16H14Cl2O2S. The fourth-order valence-electron chi connectivity index (χ4n) is 1.75. The molecule has 0 heterocycles. The first-order chi connectivity index (χ1) is 10.0. The number of rotatable bonds is 5. The van der Waals surface area contributed by atoms with Gasteiger partial charge in [0.05, 0.1) is 17.9 Å². The van der Waals surface area contributed by atoms with Crippen LogP contribution in [0.2, 0.25) is 10.0 Å². The lowest BCUT2D eigenvalue weighted by Gasteiger charge is -2.09. The molecule has 5 heteroatoms. The van der Waals surface area contributed by atoms with E-state index in [2.05, 4.69) is 0 Å². The predicted octanol–water partition coefficient (Wildman–Crippen LogP) is 5.29. The smallest absolute Gasteiger partial charge is 0.173 e. The van der Waals surface area contributed by atoms with Crippen molar-refractivity contribution in [2.75, 3.05) is 12.9 Å². The van der Waals surface area contributed by atoms with Crippen molar-refractivity contribution in [3.8, 4) is 5.75 Å². The van der Waals surface area contributed by atoms with E-state index in [1.54, 1.807) is 12.1 Å². The first-order valence-corrected chi connectivity index (χ1v) is 8.01. The Labute approximate surface area is 138 Å². The molecule has 0 saturated heterocycles. The summed E-state index contributed by atoms with van der Waals surface area (Å²) >= 11 is 13.6. The lowest BCUT2D eigenvalue weighted by Crippen LogP contribution is -2.02. The largest absolute Gasteiger partial charge is 0.495 e. The van der Waals surface area contributed by atoms with E-state index in [1.807, 2.05) is 31.2 Å². The Kier molecular flexibility index (Phi) is 5.57. The molecule has 0 saturated carbocycles. The maximum Gasteiger partial charge on any atom is 0.173 e. The highest BCUT2D eigenvalue weighted by Gasteiger charge is 2.13. The molecule has 0 aliphatic rings. The lowest BCUT2D eigenvalue weighted by atomic mass is 10.1. The summed E-state index contributed by atoms with van der Waals surface area (Å²) in [5, 5.41) is 0.782. The van der Waals surface area contributed by atoms with Gasteiger partial charge < -0.3 is 4.74 Å². The molecule has 2 rings (SSSR count). The molecular weight excluding hydrogens is 327 g/mol. The highest BCUT2D eigenvalue weighted by atomic mass is 35.5. The summed E-state index contributed by atoms with van der Waals surface area (Å²) in [5.74, 6) is 0.893. The van der Waals surface area contributed by atoms with Crippen LogP contribution in [0, 0.1) is 6.92 Å². The molecule has 2 aromatic rings. The number of hydrogen-bond acceptors (Lipinski definition) is 3. The molecule has 0 amide bonds. The molecule has 0 radical (unpaired) electrons. The van der Waals surface area contributed by atoms with Gasteiger partial charge in [0, 0.05) is 10.5 Å². The molecule has 110 valence electrons. The highest BCUT2D eigenvalue weighted by Crippen LogP contribution is 2.39. The third-order valence-corrected chi connectivity index (χ3v) is 5.00. The minimum absolute atomic E-state index is 0.0583. The van der Waals surface area contributed by atoms with Crippen molar-refractivity contribution >= 4 is 40.7 Å². The summed E-state index contributed by atoms with van der Waals surface area (Å²) in [6, 6.07) is 11.1. The van der Waals surface area contributed by atoms with Gasteiger partial charge in [-0.05, 0) is 19.1 Å². The maximum absolute atomic E-state index is 12.1. The maximum atomic E-state index is 12.1. The average molecular weight is 341 g/mol. The minimum atomic E-state index is 0.0583. The first-order valence-electron chi connectivity index (χ1n) is 6.27. The van der Waals surface area contributed by atoms with Gasteiger partial charge in [-0.2, -0.15) is 0 Å². The van der Waals surface area contributed by atoms with E-state index in [1.165, 1.54) is 18.9 Å². The monoisotopic (exact) mass is 340 g/mol. The van der Waals surface area contributed by atoms with Gasteiger partial charge in [-0.1, -0.05) is 53.0 Å². The molecule has 2 nitrogen and oxygen atoms in total. The van der Waals surface area contributed by atoms with Crippen LogP contribution in [-0.2, 0) is 0 Å². The summed E-state index contributed by atoms with van der Waals surface area (Å²) < 4.78 is 5.09. The van der Waals surface area contributed by atoms with Crippen LogP contribution in [0.5, 0.6) is 5.75 Å². The number of methoxy groups -OCH3 is 1. The third-order valence-electron chi connectivity index (χ3n) is 2.96. The summed E-state index contributed by atoms with van der Waals surface area (Å²) in [4.78, 5) is 12.9. The van der Waals surface area contributed by atoms with Crippen molar-refractivity contribution in [3.05, 3.63) is 57.6 Å². The fourth-order valence-corrected chi connectivity index (χ4v) is 3.21. The molecule has 0 aliphatic heterocycles. The van der Waals surface area contributed by atoms with Crippen LogP contribution in [0.1, 0.15) is 15.9 Å². The minimum Gasteiger partial charge on any atom is -0.495 e. The molecule has 0 N–H and O–H groups in total. The van der Waals surface area contributed by atoms with Crippen molar-refractivity contribution in [2.45, 2.75) is 11.8 Å². The van der Waals surface area contributed by atoms with E-state index < -0.39 is 0 Å². The van der Waals surface area contributed by atoms with Crippen molar-refractivity contribution < 1.29 is 9.53 Å². The summed E-state index contributed by atoms with van der Waals surface area (Å²) in [6.07, 6.45) is 0. The van der Waals surface area contributed by atoms with E-state index in [4.69, 9.17) is 27.9 Å². The van der Waals surface area contributed by atoms with Crippen LogP contribution in [0.25, 0.3) is 0 Å². The Morgan fingerprint density at radius 2 is 1.76 bits per heavy atom. The molecule has 0 unspecified atom stereocenters. The molecule has 0 atom stereocenters. The number of thioether (sulfide) groups is 1. The van der Waals surface area contributed by atoms with Crippen molar-refractivity contribution in [1.29, 1.82) is 0 Å². The zero-order chi connectivity index (χ0) is 15.4. The number of halogens is 2. The summed E-state index contributed by atoms with van der Waals surface area (Å²) in [7, 11) is 1.53. The number of aryl methyl sites for hydroxylation is 1. The zero-order valence-corrected chi connectivity index (χ0v) is 14.0. The molecule has 0 spiro atoms. The Morgan fingerprint density at radius 1 is 1.10 bits per heavy atom. The number of ether oxygens (including phenoxy) is 1. The average Bonchev–Trinajstić information content (AvgIpc) is 2.49. The van der Waals surface area contributed by atoms with Gasteiger partial charge in [-0.15, -0.1) is 11.8 Å². The quantitative estimate of drug-likeness (QED) is 0.546. The number of ketones is 1. The van der Waals surface area contributed by atoms with Gasteiger partial charge in [0.15, 0.2) is 5.78 Å². The van der Waals surface area contributed by atoms with Gasteiger partial charge >= 0.3 is 0 Å². The van der Waals surface area contributed by atoms with Gasteiger partial charge in [-0.25, -0.2) is 0 Å². The molecule has 0 bridgehead atoms. The number of hydrogen-bond donors (Lipinski definition) is 0. The number of benzene rings is 2. The lowest BCUT2D eigenvalue weighted by molar-refractivity contribution is 0.102. The molecule has 0 fully saturated rings. The second-order valence-corrected chi connectivity index (χ2v) is 6.24. The van der Waals surface area contributed by atoms with Crippen LogP contribution in [0.15, 0.2) is 41.3 Å². The van der Waals surface area contributed by atoms with Gasteiger partial charge in [0.2, 0.25) is 0 Å². The third kappa shape index (κ3) is 3.94. The van der Waals surface area contributed by atoms with Gasteiger partial charge in [0.1, 0.15) is 10.8 Å². The van der Waals surface area contributed by atoms with Crippen LogP contribution in [0.4, 0.5) is 0 Å². The Bertz CT molecular complexity index is 654. The van der Waals surface area contributed by atoms with Gasteiger partial charge in [-0.3, -0.25) is 4.79 Å². The van der Waals surface area contributed by atoms with Gasteiger partial charge in [0.25, 0.3) is 0 Å². The number of carbonyl (C=O) groups is 1. The Morgan fingerprint density at radius 3 is 2.38 bits per heavy atom. The number of Topliss-reactive ketones (excluding diaryl/α,β-unsaturated/α-hetero) is 1. The van der Waals surface area contributed by atoms with E-state index in [0.717, 1.165) is 10.5 Å². The van der Waals surface area contributed by atoms with Crippen LogP contribution < -0.4 is 4.74 Å². The zero-order valence-electron chi connectivity index (χ0n) is 11.7. The predicted molar refractivity (Wildman–Crippen MR) is 89.2 cm³/mol. The second kappa shape index (κ2) is 7.21. The summed E-state index contributed by atoms with van der Waals surface area (Å²) in [5.41, 5.74) is 1.83. The fraction of sp³-hybridized carbons (Fsp3) is 0.188. The Balaban J connectivity index is 2.08. The van der Waals surface area contributed by atoms with Crippen molar-refractivity contribution in [3.63, 3.8) is 0 Å². The number of carbonyl (C=O) groups excluding carboxylic acids is 1. The topological polar surface area (TPSA) is 26.3 Å². The molecule has 21 heavy (non-hydrogen) atoms. The van der Waals surface area contributed by atoms with E-state index in [9.17, 15) is 4.79 Å². The van der Waals surface area contributed by atoms with Crippen molar-refractivity contribution in [1.82, 2.24) is 0 Å². The Hall–Kier alpha value is -1.16. The molecule has 0 aromatic heterocycles. The van der Waals surface area contributed by atoms with Crippen LogP contribution >= 0.6 is 35.0 Å². The molecule has 0 aliphatic carbocycles. The second-order valence-electron chi connectivity index (χ2n) is 4.47. The van der Waals surface area contributed by atoms with Crippen LogP contribution in [-0.4, -0.2) is 18.6 Å². The van der Waals surface area contributed by atoms with E-state index in [0.29, 0.717) is 27.1 Å². The highest BCUT2D eigenvalue weighted by molar-refractivity contribution is 8.00. The summed E-state index contributed by atoms with van der Waals surface area (Å²) in [6.45, 7) is 1.99. The normalized spacial score (nSPS) is 10.5. The standard InChI is InChI=1S/C16H14Cl2O2S/c1-10-3-5-11(6-4-10)12(19)9-21-14-8-7-13(20-2)15(17)16(14)18/h3-8H,9H2,1-2H3. The van der Waals surface area contributed by atoms with E-state index >= 15 is 0 Å². The van der Waals surface area contributed by atoms with Crippen LogP contribution in [0.3, 0.4) is 0 Å². The molecule has 2 aromatic carbocycles. The SMILES string of the molecule is COc1ccc(SCC(=O)c2ccc(C)cc2)c(Cl)c1Cl. The first kappa shape index (κ1) is 16.2. The van der Waals surface area contributed by atoms with Crippen molar-refractivity contribution in [2.24, 2.45) is 0 Å².